The average Bonchev–Trinajstić information content (AvgIpc) is 2.87. The van der Waals surface area contributed by atoms with E-state index in [1.54, 1.807) is 6.08 Å². The Balaban J connectivity index is 1.84. The van der Waals surface area contributed by atoms with Crippen molar-refractivity contribution in [1.29, 1.82) is 0 Å². The maximum atomic E-state index is 5.52. The van der Waals surface area contributed by atoms with Gasteiger partial charge in [0.1, 0.15) is 12.4 Å². The van der Waals surface area contributed by atoms with Gasteiger partial charge in [-0.1, -0.05) is 37.6 Å². The lowest BCUT2D eigenvalue weighted by Crippen LogP contribution is -2.25. The van der Waals surface area contributed by atoms with E-state index in [1.807, 2.05) is 12.1 Å². The van der Waals surface area contributed by atoms with Crippen LogP contribution in [-0.4, -0.2) is 12.6 Å². The fraction of sp³-hybridized carbons (Fsp3) is 0.467. The molecular weight excluding hydrogens is 210 g/mol. The van der Waals surface area contributed by atoms with Gasteiger partial charge in [-0.2, -0.15) is 0 Å². The molecule has 1 saturated carbocycles. The van der Waals surface area contributed by atoms with Gasteiger partial charge in [-0.05, 0) is 30.5 Å². The van der Waals surface area contributed by atoms with Crippen molar-refractivity contribution in [1.82, 2.24) is 5.32 Å². The Labute approximate surface area is 104 Å². The van der Waals surface area contributed by atoms with Gasteiger partial charge in [0, 0.05) is 12.6 Å². The van der Waals surface area contributed by atoms with Crippen LogP contribution in [0.15, 0.2) is 36.9 Å². The first-order valence-corrected chi connectivity index (χ1v) is 6.44. The normalized spacial score (nSPS) is 16.0. The summed E-state index contributed by atoms with van der Waals surface area (Å²) in [6, 6.07) is 8.99. The fourth-order valence-electron chi connectivity index (χ4n) is 2.29. The van der Waals surface area contributed by atoms with Crippen LogP contribution in [0.1, 0.15) is 31.2 Å². The molecule has 0 bridgehead atoms. The third-order valence-corrected chi connectivity index (χ3v) is 3.22. The minimum Gasteiger partial charge on any atom is -0.490 e. The Morgan fingerprint density at radius 3 is 2.94 bits per heavy atom. The summed E-state index contributed by atoms with van der Waals surface area (Å²) >= 11 is 0. The van der Waals surface area contributed by atoms with Gasteiger partial charge in [0.2, 0.25) is 0 Å². The first kappa shape index (κ1) is 12.2. The van der Waals surface area contributed by atoms with Gasteiger partial charge < -0.3 is 10.1 Å². The van der Waals surface area contributed by atoms with Crippen molar-refractivity contribution in [2.75, 3.05) is 6.61 Å². The number of ether oxygens (including phenoxy) is 1. The molecule has 1 N–H and O–H groups in total. The van der Waals surface area contributed by atoms with Crippen LogP contribution in [0.2, 0.25) is 0 Å². The van der Waals surface area contributed by atoms with E-state index in [4.69, 9.17) is 4.74 Å². The Bertz CT molecular complexity index is 356. The summed E-state index contributed by atoms with van der Waals surface area (Å²) in [6.45, 7) is 5.16. The Kier molecular flexibility index (Phi) is 4.63. The van der Waals surface area contributed by atoms with Gasteiger partial charge in [0.05, 0.1) is 0 Å². The van der Waals surface area contributed by atoms with Crippen LogP contribution in [-0.2, 0) is 6.54 Å². The van der Waals surface area contributed by atoms with Gasteiger partial charge in [0.15, 0.2) is 0 Å². The van der Waals surface area contributed by atoms with Crippen molar-refractivity contribution in [2.24, 2.45) is 0 Å². The van der Waals surface area contributed by atoms with E-state index >= 15 is 0 Å². The molecule has 92 valence electrons. The van der Waals surface area contributed by atoms with E-state index in [2.05, 4.69) is 24.0 Å². The quantitative estimate of drug-likeness (QED) is 0.759. The predicted molar refractivity (Wildman–Crippen MR) is 71.2 cm³/mol. The number of rotatable bonds is 6. The molecule has 0 radical (unpaired) electrons. The minimum absolute atomic E-state index is 0.569. The topological polar surface area (TPSA) is 21.3 Å². The third kappa shape index (κ3) is 3.90. The standard InChI is InChI=1S/C15H21NO/c1-2-10-17-15-9-5-6-13(11-15)12-16-14-7-3-4-8-14/h2,5-6,9,11,14,16H,1,3-4,7-8,10,12H2. The summed E-state index contributed by atoms with van der Waals surface area (Å²) in [4.78, 5) is 0. The largest absolute Gasteiger partial charge is 0.490 e. The first-order chi connectivity index (χ1) is 8.38. The molecule has 0 spiro atoms. The molecule has 0 atom stereocenters. The molecule has 2 rings (SSSR count). The molecule has 1 aromatic rings. The average molecular weight is 231 g/mol. The van der Waals surface area contributed by atoms with Crippen molar-refractivity contribution in [3.63, 3.8) is 0 Å². The second-order valence-electron chi connectivity index (χ2n) is 4.61. The molecule has 1 fully saturated rings. The maximum absolute atomic E-state index is 5.52. The lowest BCUT2D eigenvalue weighted by molar-refractivity contribution is 0.362. The van der Waals surface area contributed by atoms with Crippen LogP contribution in [0.25, 0.3) is 0 Å². The van der Waals surface area contributed by atoms with Crippen molar-refractivity contribution in [3.8, 4) is 5.75 Å². The van der Waals surface area contributed by atoms with E-state index in [0.717, 1.165) is 12.3 Å². The lowest BCUT2D eigenvalue weighted by atomic mass is 10.2. The van der Waals surface area contributed by atoms with Gasteiger partial charge in [0.25, 0.3) is 0 Å². The summed E-state index contributed by atoms with van der Waals surface area (Å²) in [7, 11) is 0. The highest BCUT2D eigenvalue weighted by molar-refractivity contribution is 5.28. The third-order valence-electron chi connectivity index (χ3n) is 3.22. The van der Waals surface area contributed by atoms with Crippen molar-refractivity contribution < 1.29 is 4.74 Å². The lowest BCUT2D eigenvalue weighted by Gasteiger charge is -2.12. The molecule has 2 heteroatoms. The highest BCUT2D eigenvalue weighted by Crippen LogP contribution is 2.19. The Morgan fingerprint density at radius 1 is 1.35 bits per heavy atom. The second-order valence-corrected chi connectivity index (χ2v) is 4.61. The second kappa shape index (κ2) is 6.45. The summed E-state index contributed by atoms with van der Waals surface area (Å²) < 4.78 is 5.52. The number of hydrogen-bond donors (Lipinski definition) is 1. The van der Waals surface area contributed by atoms with Crippen LogP contribution >= 0.6 is 0 Å². The molecule has 0 saturated heterocycles. The van der Waals surface area contributed by atoms with Crippen LogP contribution in [0, 0.1) is 0 Å². The zero-order valence-electron chi connectivity index (χ0n) is 10.3. The van der Waals surface area contributed by atoms with Gasteiger partial charge in [-0.15, -0.1) is 0 Å². The molecule has 2 nitrogen and oxygen atoms in total. The van der Waals surface area contributed by atoms with Crippen molar-refractivity contribution in [2.45, 2.75) is 38.3 Å². The SMILES string of the molecule is C=CCOc1cccc(CNC2CCCC2)c1. The highest BCUT2D eigenvalue weighted by Gasteiger charge is 2.13. The van der Waals surface area contributed by atoms with Gasteiger partial charge in [-0.3, -0.25) is 0 Å². The number of nitrogens with one attached hydrogen (secondary N) is 1. The van der Waals surface area contributed by atoms with E-state index in [-0.39, 0.29) is 0 Å². The monoisotopic (exact) mass is 231 g/mol. The molecule has 0 unspecified atom stereocenters. The first-order valence-electron chi connectivity index (χ1n) is 6.44. The zero-order chi connectivity index (χ0) is 11.9. The molecule has 0 heterocycles. The molecular formula is C15H21NO. The van der Waals surface area contributed by atoms with Crippen molar-refractivity contribution in [3.05, 3.63) is 42.5 Å². The smallest absolute Gasteiger partial charge is 0.120 e. The highest BCUT2D eigenvalue weighted by atomic mass is 16.5. The summed E-state index contributed by atoms with van der Waals surface area (Å²) in [5.41, 5.74) is 1.29. The summed E-state index contributed by atoms with van der Waals surface area (Å²) in [5.74, 6) is 0.927. The van der Waals surface area contributed by atoms with Crippen LogP contribution < -0.4 is 10.1 Å². The van der Waals surface area contributed by atoms with Crippen molar-refractivity contribution >= 4 is 0 Å². The summed E-state index contributed by atoms with van der Waals surface area (Å²) in [5, 5.41) is 3.61. The molecule has 1 aliphatic rings. The predicted octanol–water partition coefficient (Wildman–Crippen LogP) is 3.28. The Hall–Kier alpha value is -1.28. The van der Waals surface area contributed by atoms with E-state index in [0.29, 0.717) is 12.6 Å². The Morgan fingerprint density at radius 2 is 2.18 bits per heavy atom. The molecule has 0 aromatic heterocycles. The van der Waals surface area contributed by atoms with Crippen LogP contribution in [0.4, 0.5) is 0 Å². The number of benzene rings is 1. The van der Waals surface area contributed by atoms with Gasteiger partial charge >= 0.3 is 0 Å². The minimum atomic E-state index is 0.569. The number of hydrogen-bond acceptors (Lipinski definition) is 2. The molecule has 1 aliphatic carbocycles. The van der Waals surface area contributed by atoms with Gasteiger partial charge in [-0.25, -0.2) is 0 Å². The van der Waals surface area contributed by atoms with Crippen LogP contribution in [0.3, 0.4) is 0 Å². The zero-order valence-corrected chi connectivity index (χ0v) is 10.3. The molecule has 0 aliphatic heterocycles. The maximum Gasteiger partial charge on any atom is 0.120 e. The molecule has 17 heavy (non-hydrogen) atoms. The van der Waals surface area contributed by atoms with E-state index in [9.17, 15) is 0 Å². The fourth-order valence-corrected chi connectivity index (χ4v) is 2.29. The van der Waals surface area contributed by atoms with Crippen LogP contribution in [0.5, 0.6) is 5.75 Å². The molecule has 1 aromatic carbocycles. The van der Waals surface area contributed by atoms with E-state index < -0.39 is 0 Å². The van der Waals surface area contributed by atoms with E-state index in [1.165, 1.54) is 31.2 Å². The summed E-state index contributed by atoms with van der Waals surface area (Å²) in [6.07, 6.45) is 7.17. The molecule has 0 amide bonds.